The Labute approximate surface area is 187 Å². The first-order valence-corrected chi connectivity index (χ1v) is 11.4. The molecule has 5 rings (SSSR count). The number of nitrogens with zero attached hydrogens (tertiary/aromatic N) is 1. The molecule has 2 aromatic carbocycles. The second-order valence-electron chi connectivity index (χ2n) is 8.69. The third-order valence-corrected chi connectivity index (χ3v) is 6.23. The Kier molecular flexibility index (Phi) is 5.88. The molecule has 1 aliphatic carbocycles. The lowest BCUT2D eigenvalue weighted by atomic mass is 9.97. The normalized spacial score (nSPS) is 20.5. The maximum absolute atomic E-state index is 12.9. The molecule has 2 fully saturated rings. The Morgan fingerprint density at radius 1 is 0.969 bits per heavy atom. The van der Waals surface area contributed by atoms with Crippen LogP contribution in [0.25, 0.3) is 0 Å². The molecule has 2 heterocycles. The summed E-state index contributed by atoms with van der Waals surface area (Å²) in [5, 5.41) is 3.02. The molecular formula is C25H28N2O5. The van der Waals surface area contributed by atoms with Gasteiger partial charge in [-0.2, -0.15) is 0 Å². The molecule has 2 aromatic rings. The van der Waals surface area contributed by atoms with E-state index in [1.54, 1.807) is 6.07 Å². The molecule has 0 unspecified atom stereocenters. The number of carbonyl (C=O) groups excluding carboxylic acids is 2. The van der Waals surface area contributed by atoms with Gasteiger partial charge in [-0.1, -0.05) is 24.3 Å². The maximum atomic E-state index is 12.9. The average molecular weight is 437 g/mol. The summed E-state index contributed by atoms with van der Waals surface area (Å²) >= 11 is 0. The lowest BCUT2D eigenvalue weighted by Gasteiger charge is -2.35. The number of benzene rings is 2. The minimum absolute atomic E-state index is 0.0269. The van der Waals surface area contributed by atoms with Crippen LogP contribution in [0, 0.1) is 5.92 Å². The quantitative estimate of drug-likeness (QED) is 0.753. The number of ether oxygens (including phenoxy) is 3. The molecule has 7 nitrogen and oxygen atoms in total. The smallest absolute Gasteiger partial charge is 0.267 e. The van der Waals surface area contributed by atoms with Crippen molar-refractivity contribution in [3.8, 4) is 17.2 Å². The molecule has 0 bridgehead atoms. The predicted octanol–water partition coefficient (Wildman–Crippen LogP) is 3.04. The number of fused-ring (bicyclic) bond motifs is 1. The van der Waals surface area contributed by atoms with Gasteiger partial charge in [-0.15, -0.1) is 0 Å². The highest BCUT2D eigenvalue weighted by atomic mass is 16.6. The molecule has 1 atom stereocenters. The maximum Gasteiger partial charge on any atom is 0.267 e. The molecule has 0 radical (unpaired) electrons. The van der Waals surface area contributed by atoms with E-state index in [4.69, 9.17) is 14.2 Å². The van der Waals surface area contributed by atoms with Crippen LogP contribution in [-0.2, 0) is 4.79 Å². The van der Waals surface area contributed by atoms with Gasteiger partial charge in [0.05, 0.1) is 12.2 Å². The van der Waals surface area contributed by atoms with Crippen LogP contribution < -0.4 is 19.5 Å². The Hall–Kier alpha value is -3.22. The van der Waals surface area contributed by atoms with Crippen LogP contribution in [0.15, 0.2) is 48.5 Å². The van der Waals surface area contributed by atoms with E-state index in [0.29, 0.717) is 54.5 Å². The van der Waals surface area contributed by atoms with Crippen molar-refractivity contribution < 1.29 is 23.8 Å². The van der Waals surface area contributed by atoms with Crippen molar-refractivity contribution in [2.75, 3.05) is 26.3 Å². The lowest BCUT2D eigenvalue weighted by molar-refractivity contribution is -0.142. The standard InChI is InChI=1S/C25H28N2O5/c28-24(26-18-9-10-18)19-5-1-2-6-20(19)30-15-17-11-13-27(14-12-17)25(29)23-16-31-21-7-3-4-8-22(21)32-23/h1-8,17-18,23H,9-16H2,(H,26,28)/t23-/m1/s1. The Morgan fingerprint density at radius 3 is 2.47 bits per heavy atom. The fraction of sp³-hybridized carbons (Fsp3) is 0.440. The molecule has 3 aliphatic rings. The van der Waals surface area contributed by atoms with Gasteiger partial charge >= 0.3 is 0 Å². The van der Waals surface area contributed by atoms with Crippen molar-refractivity contribution in [2.45, 2.75) is 37.8 Å². The van der Waals surface area contributed by atoms with Crippen LogP contribution in [0.1, 0.15) is 36.0 Å². The van der Waals surface area contributed by atoms with Gasteiger partial charge in [0.15, 0.2) is 11.5 Å². The summed E-state index contributed by atoms with van der Waals surface area (Å²) < 4.78 is 17.6. The van der Waals surface area contributed by atoms with Crippen molar-refractivity contribution in [1.29, 1.82) is 0 Å². The predicted molar refractivity (Wildman–Crippen MR) is 118 cm³/mol. The first kappa shape index (κ1) is 20.7. The van der Waals surface area contributed by atoms with Gasteiger partial charge in [0, 0.05) is 19.1 Å². The van der Waals surface area contributed by atoms with Crippen molar-refractivity contribution in [3.63, 3.8) is 0 Å². The van der Waals surface area contributed by atoms with Crippen molar-refractivity contribution >= 4 is 11.8 Å². The summed E-state index contributed by atoms with van der Waals surface area (Å²) in [4.78, 5) is 27.2. The number of carbonyl (C=O) groups is 2. The van der Waals surface area contributed by atoms with Crippen molar-refractivity contribution in [2.24, 2.45) is 5.92 Å². The van der Waals surface area contributed by atoms with Gasteiger partial charge in [-0.25, -0.2) is 0 Å². The van der Waals surface area contributed by atoms with Crippen LogP contribution in [0.2, 0.25) is 0 Å². The van der Waals surface area contributed by atoms with E-state index in [1.165, 1.54) is 0 Å². The number of hydrogen-bond acceptors (Lipinski definition) is 5. The first-order chi connectivity index (χ1) is 15.7. The molecule has 1 N–H and O–H groups in total. The average Bonchev–Trinajstić information content (AvgIpc) is 3.66. The first-order valence-electron chi connectivity index (χ1n) is 11.4. The van der Waals surface area contributed by atoms with Gasteiger partial charge in [0.2, 0.25) is 6.10 Å². The molecule has 2 aliphatic heterocycles. The van der Waals surface area contributed by atoms with E-state index >= 15 is 0 Å². The highest BCUT2D eigenvalue weighted by Gasteiger charge is 2.33. The van der Waals surface area contributed by atoms with E-state index in [2.05, 4.69) is 5.32 Å². The zero-order valence-corrected chi connectivity index (χ0v) is 18.0. The minimum atomic E-state index is -0.602. The van der Waals surface area contributed by atoms with E-state index in [1.807, 2.05) is 47.4 Å². The zero-order chi connectivity index (χ0) is 21.9. The molecule has 7 heteroatoms. The monoisotopic (exact) mass is 436 g/mol. The number of para-hydroxylation sites is 3. The van der Waals surface area contributed by atoms with Crippen LogP contribution in [-0.4, -0.2) is 55.2 Å². The van der Waals surface area contributed by atoms with Gasteiger partial charge in [-0.3, -0.25) is 9.59 Å². The summed E-state index contributed by atoms with van der Waals surface area (Å²) in [6, 6.07) is 15.1. The van der Waals surface area contributed by atoms with Crippen molar-refractivity contribution in [1.82, 2.24) is 10.2 Å². The number of likely N-dealkylation sites (tertiary alicyclic amines) is 1. The highest BCUT2D eigenvalue weighted by molar-refractivity contribution is 5.97. The summed E-state index contributed by atoms with van der Waals surface area (Å²) in [5.41, 5.74) is 0.585. The van der Waals surface area contributed by atoms with Crippen LogP contribution in [0.4, 0.5) is 0 Å². The molecule has 0 spiro atoms. The molecule has 2 amide bonds. The molecule has 32 heavy (non-hydrogen) atoms. The molecule has 1 saturated heterocycles. The Bertz CT molecular complexity index is 982. The third-order valence-electron chi connectivity index (χ3n) is 6.23. The number of rotatable bonds is 6. The van der Waals surface area contributed by atoms with E-state index in [-0.39, 0.29) is 18.4 Å². The number of hydrogen-bond donors (Lipinski definition) is 1. The molecule has 168 valence electrons. The summed E-state index contributed by atoms with van der Waals surface area (Å²) in [7, 11) is 0. The second-order valence-corrected chi connectivity index (χ2v) is 8.69. The van der Waals surface area contributed by atoms with E-state index in [0.717, 1.165) is 25.7 Å². The molecule has 0 aromatic heterocycles. The summed E-state index contributed by atoms with van der Waals surface area (Å²) in [6.07, 6.45) is 3.21. The number of piperidine rings is 1. The zero-order valence-electron chi connectivity index (χ0n) is 18.0. The van der Waals surface area contributed by atoms with Gasteiger partial charge in [-0.05, 0) is 55.9 Å². The van der Waals surface area contributed by atoms with E-state index < -0.39 is 6.10 Å². The molecular weight excluding hydrogens is 408 g/mol. The van der Waals surface area contributed by atoms with Crippen molar-refractivity contribution in [3.05, 3.63) is 54.1 Å². The molecule has 1 saturated carbocycles. The van der Waals surface area contributed by atoms with Crippen LogP contribution >= 0.6 is 0 Å². The highest BCUT2D eigenvalue weighted by Crippen LogP contribution is 2.32. The van der Waals surface area contributed by atoms with Gasteiger partial charge < -0.3 is 24.4 Å². The van der Waals surface area contributed by atoms with E-state index in [9.17, 15) is 9.59 Å². The second kappa shape index (κ2) is 9.10. The Morgan fingerprint density at radius 2 is 1.69 bits per heavy atom. The fourth-order valence-electron chi connectivity index (χ4n) is 4.14. The number of nitrogens with one attached hydrogen (secondary N) is 1. The summed E-state index contributed by atoms with van der Waals surface area (Å²) in [6.45, 7) is 2.10. The van der Waals surface area contributed by atoms with Gasteiger partial charge in [0.25, 0.3) is 11.8 Å². The van der Waals surface area contributed by atoms with Crippen LogP contribution in [0.3, 0.4) is 0 Å². The minimum Gasteiger partial charge on any atom is -0.492 e. The van der Waals surface area contributed by atoms with Gasteiger partial charge in [0.1, 0.15) is 12.4 Å². The number of amides is 2. The lowest BCUT2D eigenvalue weighted by Crippen LogP contribution is -2.49. The summed E-state index contributed by atoms with van der Waals surface area (Å²) in [5.74, 6) is 2.16. The topological polar surface area (TPSA) is 77.1 Å². The SMILES string of the molecule is O=C(NC1CC1)c1ccccc1OCC1CCN(C(=O)[C@H]2COc3ccccc3O2)CC1. The van der Waals surface area contributed by atoms with Crippen LogP contribution in [0.5, 0.6) is 17.2 Å². The fourth-order valence-corrected chi connectivity index (χ4v) is 4.14. The third kappa shape index (κ3) is 4.66. The Balaban J connectivity index is 1.11. The largest absolute Gasteiger partial charge is 0.492 e.